The number of fused-ring (bicyclic) bond motifs is 1. The molecule has 2 aromatic carbocycles. The van der Waals surface area contributed by atoms with Gasteiger partial charge in [0, 0.05) is 43.5 Å². The number of sulfonamides is 1. The molecule has 0 aliphatic carbocycles. The van der Waals surface area contributed by atoms with Crippen LogP contribution in [0.3, 0.4) is 0 Å². The molecule has 4 N–H and O–H groups in total. The first-order valence-corrected chi connectivity index (χ1v) is 14.0. The van der Waals surface area contributed by atoms with Gasteiger partial charge in [-0.3, -0.25) is 15.1 Å². The normalized spacial score (nSPS) is 17.5. The van der Waals surface area contributed by atoms with Crippen molar-refractivity contribution in [3.63, 3.8) is 0 Å². The van der Waals surface area contributed by atoms with E-state index >= 15 is 0 Å². The number of hydrogen-bond donors (Lipinski definition) is 3. The molecule has 0 amide bonds. The second kappa shape index (κ2) is 13.1. The van der Waals surface area contributed by atoms with Crippen LogP contribution in [0.1, 0.15) is 43.4 Å². The fourth-order valence-corrected chi connectivity index (χ4v) is 6.30. The number of benzene rings is 2. The molecule has 4 rings (SSSR count). The predicted octanol–water partition coefficient (Wildman–Crippen LogP) is 5.10. The minimum atomic E-state index is -3.55. The molecule has 2 heterocycles. The van der Waals surface area contributed by atoms with Gasteiger partial charge in [-0.1, -0.05) is 42.0 Å². The Labute approximate surface area is 242 Å². The molecule has 0 radical (unpaired) electrons. The van der Waals surface area contributed by atoms with Gasteiger partial charge in [0.05, 0.1) is 28.3 Å². The molecule has 8 nitrogen and oxygen atoms in total. The van der Waals surface area contributed by atoms with Gasteiger partial charge < -0.3 is 15.4 Å². The first-order valence-electron chi connectivity index (χ1n) is 12.0. The number of halogens is 3. The van der Waals surface area contributed by atoms with Crippen molar-refractivity contribution in [2.75, 3.05) is 23.1 Å². The van der Waals surface area contributed by atoms with E-state index in [1.54, 1.807) is 38.1 Å². The van der Waals surface area contributed by atoms with Gasteiger partial charge in [-0.15, -0.1) is 24.8 Å². The van der Waals surface area contributed by atoms with Crippen molar-refractivity contribution < 1.29 is 13.2 Å². The molecule has 0 saturated carbocycles. The van der Waals surface area contributed by atoms with E-state index in [9.17, 15) is 8.42 Å². The number of likely N-dealkylation sites (tertiary alicyclic amines) is 1. The van der Waals surface area contributed by atoms with Crippen molar-refractivity contribution in [3.8, 4) is 5.75 Å². The number of piperidine rings is 1. The molecule has 2 aromatic rings. The largest absolute Gasteiger partial charge is 0.489 e. The van der Waals surface area contributed by atoms with Crippen LogP contribution >= 0.6 is 36.4 Å². The van der Waals surface area contributed by atoms with Crippen molar-refractivity contribution >= 4 is 69.9 Å². The van der Waals surface area contributed by atoms with Crippen LogP contribution in [0, 0.1) is 10.8 Å². The first-order chi connectivity index (χ1) is 17.1. The maximum Gasteiger partial charge on any atom is 0.235 e. The molecule has 1 atom stereocenters. The van der Waals surface area contributed by atoms with Gasteiger partial charge in [0.1, 0.15) is 17.7 Å². The summed E-state index contributed by atoms with van der Waals surface area (Å²) in [7, 11) is -3.55. The number of amidine groups is 2. The maximum atomic E-state index is 13.1. The average Bonchev–Trinajstić information content (AvgIpc) is 3.25. The molecule has 1 fully saturated rings. The summed E-state index contributed by atoms with van der Waals surface area (Å²) in [6, 6.07) is 10.4. The van der Waals surface area contributed by atoms with Crippen LogP contribution in [-0.2, 0) is 16.4 Å². The van der Waals surface area contributed by atoms with Crippen LogP contribution in [0.15, 0.2) is 42.5 Å². The molecule has 0 bridgehead atoms. The van der Waals surface area contributed by atoms with Gasteiger partial charge in [0.25, 0.3) is 0 Å². The molecule has 1 unspecified atom stereocenters. The average molecular weight is 603 g/mol. The van der Waals surface area contributed by atoms with E-state index in [4.69, 9.17) is 32.9 Å². The minimum absolute atomic E-state index is 0. The van der Waals surface area contributed by atoms with Crippen LogP contribution in [0.2, 0.25) is 5.02 Å². The number of ether oxygens (including phenoxy) is 1. The Hall–Kier alpha value is -2.46. The highest BCUT2D eigenvalue weighted by Crippen LogP contribution is 2.44. The van der Waals surface area contributed by atoms with Crippen molar-refractivity contribution in [3.05, 3.63) is 64.2 Å². The van der Waals surface area contributed by atoms with E-state index in [1.165, 1.54) is 4.31 Å². The molecular weight excluding hydrogens is 569 g/mol. The highest BCUT2D eigenvalue weighted by Gasteiger charge is 2.37. The lowest BCUT2D eigenvalue weighted by molar-refractivity contribution is 0.130. The summed E-state index contributed by atoms with van der Waals surface area (Å²) >= 11 is 6.80. The second-order valence-corrected chi connectivity index (χ2v) is 11.6. The molecular formula is C26H34Cl3N5O3S. The molecule has 2 aliphatic heterocycles. The summed E-state index contributed by atoms with van der Waals surface area (Å²) in [6.07, 6.45) is 5.73. The number of nitrogens with one attached hydrogen (secondary N) is 2. The van der Waals surface area contributed by atoms with Gasteiger partial charge in [0.15, 0.2) is 0 Å². The van der Waals surface area contributed by atoms with Crippen LogP contribution in [0.5, 0.6) is 5.75 Å². The summed E-state index contributed by atoms with van der Waals surface area (Å²) in [5, 5.41) is 15.9. The topological polar surface area (TPSA) is 124 Å². The van der Waals surface area contributed by atoms with E-state index in [2.05, 4.69) is 0 Å². The van der Waals surface area contributed by atoms with E-state index in [-0.39, 0.29) is 42.5 Å². The Morgan fingerprint density at radius 2 is 1.87 bits per heavy atom. The Balaban J connectivity index is 0.00000253. The van der Waals surface area contributed by atoms with Gasteiger partial charge in [-0.05, 0) is 37.6 Å². The Morgan fingerprint density at radius 3 is 2.47 bits per heavy atom. The van der Waals surface area contributed by atoms with Crippen LogP contribution in [-0.4, -0.2) is 56.0 Å². The summed E-state index contributed by atoms with van der Waals surface area (Å²) in [4.78, 5) is 2.03. The molecule has 0 spiro atoms. The summed E-state index contributed by atoms with van der Waals surface area (Å²) in [5.41, 5.74) is 8.38. The van der Waals surface area contributed by atoms with Crippen molar-refractivity contribution in [2.24, 2.45) is 5.73 Å². The fourth-order valence-electron chi connectivity index (χ4n) is 4.71. The maximum absolute atomic E-state index is 13.1. The lowest BCUT2D eigenvalue weighted by atomic mass is 10.1. The van der Waals surface area contributed by atoms with Gasteiger partial charge in [-0.2, -0.15) is 0 Å². The molecule has 2 aliphatic rings. The van der Waals surface area contributed by atoms with Gasteiger partial charge >= 0.3 is 0 Å². The third-order valence-corrected chi connectivity index (χ3v) is 8.93. The first kappa shape index (κ1) is 31.8. The zero-order valence-electron chi connectivity index (χ0n) is 21.3. The Morgan fingerprint density at radius 1 is 1.18 bits per heavy atom. The van der Waals surface area contributed by atoms with E-state index in [0.29, 0.717) is 34.3 Å². The summed E-state index contributed by atoms with van der Waals surface area (Å²) in [5.74, 6) is 1.07. The number of nitrogen functional groups attached to an aromatic ring is 1. The zero-order chi connectivity index (χ0) is 26.0. The standard InChI is InChI=1S/C26H32ClN5O3S.2ClH/c1-3-36(33,34)32-20(8-7-18-5-4-6-19(15-18)26(29)30)16-22-23(32)9-10-24(25(22)27)35-21-11-13-31(14-12-21)17(2)28;;/h4-10,15,20-21,28H,3,11-14,16H2,1-2H3,(H3,29,30);2*1H/b8-7+,28-17?;;. The van der Waals surface area contributed by atoms with Crippen molar-refractivity contribution in [1.82, 2.24) is 4.90 Å². The van der Waals surface area contributed by atoms with Crippen molar-refractivity contribution in [1.29, 1.82) is 10.8 Å². The van der Waals surface area contributed by atoms with Crippen LogP contribution < -0.4 is 14.8 Å². The van der Waals surface area contributed by atoms with Gasteiger partial charge in [0.2, 0.25) is 10.0 Å². The summed E-state index contributed by atoms with van der Waals surface area (Å²) < 4.78 is 33.9. The van der Waals surface area contributed by atoms with Crippen molar-refractivity contribution in [2.45, 2.75) is 45.3 Å². The summed E-state index contributed by atoms with van der Waals surface area (Å²) in [6.45, 7) is 4.96. The number of nitrogens with zero attached hydrogens (tertiary/aromatic N) is 2. The van der Waals surface area contributed by atoms with E-state index in [1.807, 2.05) is 29.2 Å². The third kappa shape index (κ3) is 6.75. The molecule has 208 valence electrons. The lowest BCUT2D eigenvalue weighted by Gasteiger charge is -2.33. The molecule has 1 saturated heterocycles. The van der Waals surface area contributed by atoms with E-state index < -0.39 is 16.1 Å². The SMILES string of the molecule is CCS(=O)(=O)N1c2ccc(OC3CCN(C(C)=N)CC3)c(Cl)c2CC1/C=C/c1cccc(C(=N)N)c1.Cl.Cl. The second-order valence-electron chi connectivity index (χ2n) is 9.13. The number of nitrogens with two attached hydrogens (primary N) is 1. The smallest absolute Gasteiger partial charge is 0.235 e. The molecule has 38 heavy (non-hydrogen) atoms. The quantitative estimate of drug-likeness (QED) is 0.300. The zero-order valence-corrected chi connectivity index (χ0v) is 24.5. The fraction of sp³-hybridized carbons (Fsp3) is 0.385. The highest BCUT2D eigenvalue weighted by atomic mass is 35.5. The monoisotopic (exact) mass is 601 g/mol. The molecule has 0 aromatic heterocycles. The van der Waals surface area contributed by atoms with Gasteiger partial charge in [-0.25, -0.2) is 8.42 Å². The van der Waals surface area contributed by atoms with Crippen LogP contribution in [0.4, 0.5) is 5.69 Å². The molecule has 12 heteroatoms. The number of rotatable bonds is 7. The number of anilines is 1. The Bertz CT molecular complexity index is 1310. The minimum Gasteiger partial charge on any atom is -0.489 e. The number of hydrogen-bond acceptors (Lipinski definition) is 5. The lowest BCUT2D eigenvalue weighted by Crippen LogP contribution is -2.40. The van der Waals surface area contributed by atoms with Crippen LogP contribution in [0.25, 0.3) is 6.08 Å². The van der Waals surface area contributed by atoms with E-state index in [0.717, 1.165) is 37.1 Å². The Kier molecular flexibility index (Phi) is 10.9. The third-order valence-electron chi connectivity index (χ3n) is 6.72. The predicted molar refractivity (Wildman–Crippen MR) is 160 cm³/mol. The highest BCUT2D eigenvalue weighted by molar-refractivity contribution is 7.92.